The fourth-order valence-electron chi connectivity index (χ4n) is 6.45. The van der Waals surface area contributed by atoms with Crippen LogP contribution in [0, 0.1) is 5.92 Å². The molecule has 2 amide bonds. The molecule has 2 fully saturated rings. The number of benzene rings is 1. The number of nitrogens with zero attached hydrogens (tertiary/aromatic N) is 1. The molecule has 202 valence electrons. The van der Waals surface area contributed by atoms with Gasteiger partial charge in [0.25, 0.3) is 0 Å². The first-order chi connectivity index (χ1) is 17.8. The molecule has 0 radical (unpaired) electrons. The number of hydrogen-bond donors (Lipinski definition) is 2. The van der Waals surface area contributed by atoms with Crippen molar-refractivity contribution >= 4 is 34.8 Å². The minimum atomic E-state index is -0.436. The number of carbonyl (C=O) groups excluding carboxylic acids is 3. The molecule has 1 saturated carbocycles. The number of fused-ring (bicyclic) bond motifs is 1. The van der Waals surface area contributed by atoms with E-state index in [1.807, 2.05) is 25.1 Å². The number of carbonyl (C=O) groups is 3. The zero-order valence-corrected chi connectivity index (χ0v) is 23.3. The van der Waals surface area contributed by atoms with Gasteiger partial charge < -0.3 is 15.5 Å². The lowest BCUT2D eigenvalue weighted by atomic mass is 9.83. The van der Waals surface area contributed by atoms with Crippen molar-refractivity contribution in [1.29, 1.82) is 0 Å². The van der Waals surface area contributed by atoms with Crippen LogP contribution in [0.3, 0.4) is 0 Å². The Balaban J connectivity index is 1.41. The number of hydrogen-bond acceptors (Lipinski definition) is 4. The molecule has 0 aromatic heterocycles. The Bertz CT molecular complexity index is 1030. The van der Waals surface area contributed by atoms with Gasteiger partial charge in [-0.1, -0.05) is 49.4 Å². The van der Waals surface area contributed by atoms with Crippen molar-refractivity contribution in [3.63, 3.8) is 0 Å². The summed E-state index contributed by atoms with van der Waals surface area (Å²) in [5, 5.41) is 6.81. The third kappa shape index (κ3) is 6.46. The van der Waals surface area contributed by atoms with Crippen LogP contribution in [0.4, 0.5) is 0 Å². The maximum Gasteiger partial charge on any atom is 0.245 e. The average Bonchev–Trinajstić information content (AvgIpc) is 3.51. The van der Waals surface area contributed by atoms with E-state index in [1.165, 1.54) is 6.42 Å². The van der Waals surface area contributed by atoms with E-state index < -0.39 is 6.04 Å². The number of likely N-dealkylation sites (N-methyl/N-ethyl adjacent to an activating group) is 1. The van der Waals surface area contributed by atoms with Crippen molar-refractivity contribution in [2.45, 2.75) is 102 Å². The average molecular weight is 528 g/mol. The Morgan fingerprint density at radius 1 is 1.08 bits per heavy atom. The topological polar surface area (TPSA) is 78.5 Å². The molecule has 4 rings (SSSR count). The molecule has 1 aromatic carbocycles. The molecule has 3 aliphatic rings. The minimum absolute atomic E-state index is 0.0852. The van der Waals surface area contributed by atoms with Gasteiger partial charge in [-0.15, -0.1) is 0 Å². The third-order valence-corrected chi connectivity index (χ3v) is 8.91. The fraction of sp³-hybridized carbons (Fsp3) is 0.633. The summed E-state index contributed by atoms with van der Waals surface area (Å²) in [6.07, 6.45) is 12.4. The summed E-state index contributed by atoms with van der Waals surface area (Å²) < 4.78 is 0. The monoisotopic (exact) mass is 527 g/mol. The zero-order chi connectivity index (χ0) is 26.5. The van der Waals surface area contributed by atoms with Crippen LogP contribution in [0.5, 0.6) is 0 Å². The second-order valence-corrected chi connectivity index (χ2v) is 11.6. The second kappa shape index (κ2) is 12.6. The predicted molar refractivity (Wildman–Crippen MR) is 148 cm³/mol. The van der Waals surface area contributed by atoms with Gasteiger partial charge in [0, 0.05) is 29.1 Å². The summed E-state index contributed by atoms with van der Waals surface area (Å²) in [5.41, 5.74) is 2.92. The largest absolute Gasteiger partial charge is 0.343 e. The van der Waals surface area contributed by atoms with Crippen molar-refractivity contribution in [2.24, 2.45) is 5.92 Å². The molecule has 37 heavy (non-hydrogen) atoms. The lowest BCUT2D eigenvalue weighted by molar-refractivity contribution is -0.139. The number of Topliss-reactive ketones (excluding diaryl/α,β-unsaturated/α-hetero) is 1. The van der Waals surface area contributed by atoms with Crippen molar-refractivity contribution in [2.75, 3.05) is 13.6 Å². The lowest BCUT2D eigenvalue weighted by Gasteiger charge is -2.35. The Kier molecular flexibility index (Phi) is 9.46. The molecule has 6 nitrogen and oxygen atoms in total. The molecule has 4 atom stereocenters. The SMILES string of the molecule is CN[C@@H](C)C(=O)N[C@H](C(=O)N1CCC[C@H]1CCCC1C=C(C(C)=O)c2ccc(Cl)cc21)C1CCCCC1. The van der Waals surface area contributed by atoms with Crippen LogP contribution in [0.2, 0.25) is 5.02 Å². The predicted octanol–water partition coefficient (Wildman–Crippen LogP) is 5.24. The van der Waals surface area contributed by atoms with E-state index in [-0.39, 0.29) is 41.5 Å². The van der Waals surface area contributed by atoms with Crippen LogP contribution in [-0.4, -0.2) is 54.2 Å². The van der Waals surface area contributed by atoms with E-state index in [9.17, 15) is 14.4 Å². The molecular formula is C30H42ClN3O3. The summed E-state index contributed by atoms with van der Waals surface area (Å²) in [7, 11) is 1.77. The first kappa shape index (κ1) is 27.8. The number of nitrogens with one attached hydrogen (secondary N) is 2. The molecule has 7 heteroatoms. The van der Waals surface area contributed by atoms with Gasteiger partial charge in [0.05, 0.1) is 6.04 Å². The highest BCUT2D eigenvalue weighted by atomic mass is 35.5. The van der Waals surface area contributed by atoms with Crippen molar-refractivity contribution in [1.82, 2.24) is 15.5 Å². The Labute approximate surface area is 226 Å². The standard InChI is InChI=1S/C30H42ClN3O3/c1-19(32-3)29(36)33-28(21-9-5-4-6-10-21)30(37)34-16-8-13-24(34)12-7-11-22-17-26(20(2)35)25-15-14-23(31)18-27(22)25/h14-15,17-19,21-22,24,28,32H,4-13,16H2,1-3H3,(H,33,36)/t19-,22?,24+,28-/m0/s1. The molecule has 0 spiro atoms. The van der Waals surface area contributed by atoms with Crippen LogP contribution in [0.25, 0.3) is 5.57 Å². The first-order valence-corrected chi connectivity index (χ1v) is 14.5. The van der Waals surface area contributed by atoms with E-state index >= 15 is 0 Å². The van der Waals surface area contributed by atoms with Gasteiger partial charge in [-0.05, 0) is 88.6 Å². The zero-order valence-electron chi connectivity index (χ0n) is 22.5. The smallest absolute Gasteiger partial charge is 0.245 e. The summed E-state index contributed by atoms with van der Waals surface area (Å²) in [6, 6.07) is 5.23. The van der Waals surface area contributed by atoms with Gasteiger partial charge in [-0.3, -0.25) is 14.4 Å². The summed E-state index contributed by atoms with van der Waals surface area (Å²) in [5.74, 6) is 0.472. The molecule has 0 bridgehead atoms. The Morgan fingerprint density at radius 2 is 1.84 bits per heavy atom. The molecular weight excluding hydrogens is 486 g/mol. The van der Waals surface area contributed by atoms with Gasteiger partial charge >= 0.3 is 0 Å². The Morgan fingerprint density at radius 3 is 2.54 bits per heavy atom. The fourth-order valence-corrected chi connectivity index (χ4v) is 6.63. The quantitative estimate of drug-likeness (QED) is 0.436. The molecule has 1 saturated heterocycles. The van der Waals surface area contributed by atoms with E-state index in [0.29, 0.717) is 5.02 Å². The van der Waals surface area contributed by atoms with Gasteiger partial charge in [-0.25, -0.2) is 0 Å². The molecule has 1 aromatic rings. The van der Waals surface area contributed by atoms with Gasteiger partial charge in [0.2, 0.25) is 11.8 Å². The van der Waals surface area contributed by atoms with Crippen LogP contribution in [0.15, 0.2) is 24.3 Å². The van der Waals surface area contributed by atoms with Crippen molar-refractivity contribution < 1.29 is 14.4 Å². The molecule has 2 aliphatic carbocycles. The number of likely N-dealkylation sites (tertiary alicyclic amines) is 1. The normalized spacial score (nSPS) is 23.4. The van der Waals surface area contributed by atoms with Crippen molar-refractivity contribution in [3.8, 4) is 0 Å². The summed E-state index contributed by atoms with van der Waals surface area (Å²) in [4.78, 5) is 40.9. The summed E-state index contributed by atoms with van der Waals surface area (Å²) in [6.45, 7) is 4.21. The molecule has 1 unspecified atom stereocenters. The lowest BCUT2D eigenvalue weighted by Crippen LogP contribution is -2.56. The number of amides is 2. The van der Waals surface area contributed by atoms with Crippen LogP contribution >= 0.6 is 11.6 Å². The Hall–Kier alpha value is -2.18. The highest BCUT2D eigenvalue weighted by molar-refractivity contribution is 6.31. The highest BCUT2D eigenvalue weighted by Gasteiger charge is 2.38. The van der Waals surface area contributed by atoms with Gasteiger partial charge in [-0.2, -0.15) is 0 Å². The van der Waals surface area contributed by atoms with Gasteiger partial charge in [0.15, 0.2) is 5.78 Å². The number of allylic oxidation sites excluding steroid dienone is 2. The van der Waals surface area contributed by atoms with Crippen LogP contribution in [-0.2, 0) is 14.4 Å². The van der Waals surface area contributed by atoms with Crippen molar-refractivity contribution in [3.05, 3.63) is 40.4 Å². The number of rotatable bonds is 10. The minimum Gasteiger partial charge on any atom is -0.343 e. The number of halogens is 1. The molecule has 2 N–H and O–H groups in total. The maximum atomic E-state index is 13.9. The van der Waals surface area contributed by atoms with E-state index in [2.05, 4.69) is 21.6 Å². The maximum absolute atomic E-state index is 13.9. The number of ketones is 1. The van der Waals surface area contributed by atoms with E-state index in [4.69, 9.17) is 11.6 Å². The van der Waals surface area contributed by atoms with Crippen LogP contribution < -0.4 is 10.6 Å². The summed E-state index contributed by atoms with van der Waals surface area (Å²) >= 11 is 6.28. The first-order valence-electron chi connectivity index (χ1n) is 14.1. The second-order valence-electron chi connectivity index (χ2n) is 11.1. The molecule has 1 heterocycles. The van der Waals surface area contributed by atoms with Gasteiger partial charge in [0.1, 0.15) is 6.04 Å². The van der Waals surface area contributed by atoms with E-state index in [1.54, 1.807) is 14.0 Å². The third-order valence-electron chi connectivity index (χ3n) is 8.67. The highest BCUT2D eigenvalue weighted by Crippen LogP contribution is 2.41. The molecule has 1 aliphatic heterocycles. The van der Waals surface area contributed by atoms with E-state index in [0.717, 1.165) is 81.0 Å². The van der Waals surface area contributed by atoms with Crippen LogP contribution in [0.1, 0.15) is 95.1 Å².